The van der Waals surface area contributed by atoms with Crippen LogP contribution >= 0.6 is 11.6 Å². The molecular formula is C27H38ClN7O6. The Morgan fingerprint density at radius 2 is 1.66 bits per heavy atom. The number of halogens is 1. The maximum atomic E-state index is 13.4. The number of carbonyl (C=O) groups is 5. The van der Waals surface area contributed by atoms with Gasteiger partial charge in [-0.3, -0.25) is 29.0 Å². The summed E-state index contributed by atoms with van der Waals surface area (Å²) < 4.78 is 0. The van der Waals surface area contributed by atoms with Gasteiger partial charge in [-0.1, -0.05) is 61.9 Å². The molecule has 0 fully saturated rings. The molecule has 1 aliphatic rings. The summed E-state index contributed by atoms with van der Waals surface area (Å²) in [4.78, 5) is 67.6. The van der Waals surface area contributed by atoms with Crippen LogP contribution in [0.3, 0.4) is 0 Å². The van der Waals surface area contributed by atoms with Gasteiger partial charge in [-0.2, -0.15) is 0 Å². The van der Waals surface area contributed by atoms with Crippen LogP contribution in [0.15, 0.2) is 46.4 Å². The van der Waals surface area contributed by atoms with Gasteiger partial charge in [-0.15, -0.1) is 0 Å². The number of hydrogen-bond donors (Lipinski definition) is 7. The Bertz CT molecular complexity index is 1150. The van der Waals surface area contributed by atoms with Crippen molar-refractivity contribution in [3.8, 4) is 0 Å². The fourth-order valence-corrected chi connectivity index (χ4v) is 4.43. The number of nitrogens with zero attached hydrogens (tertiary/aromatic N) is 1. The van der Waals surface area contributed by atoms with Gasteiger partial charge >= 0.3 is 5.97 Å². The zero-order valence-electron chi connectivity index (χ0n) is 23.1. The lowest BCUT2D eigenvalue weighted by molar-refractivity contribution is -0.140. The van der Waals surface area contributed by atoms with Gasteiger partial charge in [-0.05, 0) is 30.7 Å². The van der Waals surface area contributed by atoms with Gasteiger partial charge in [0.2, 0.25) is 23.6 Å². The number of rotatable bonds is 9. The van der Waals surface area contributed by atoms with Gasteiger partial charge in [0.05, 0.1) is 24.9 Å². The second-order valence-electron chi connectivity index (χ2n) is 10.0. The van der Waals surface area contributed by atoms with Crippen molar-refractivity contribution in [1.29, 1.82) is 0 Å². The van der Waals surface area contributed by atoms with Gasteiger partial charge < -0.3 is 37.8 Å². The predicted octanol–water partition coefficient (Wildman–Crippen LogP) is -0.263. The molecule has 0 aromatic heterocycles. The lowest BCUT2D eigenvalue weighted by Crippen LogP contribution is -2.54. The highest BCUT2D eigenvalue weighted by Crippen LogP contribution is 2.22. The van der Waals surface area contributed by atoms with Gasteiger partial charge in [0.25, 0.3) is 0 Å². The standard InChI is InChI=1S/C27H38ClN7O6/c1-15(2)17-12-18(28)20(11-16-7-4-3-5-8-16)35-26(41)21(13-23(37)38)33-22(36)14-32-25(40)19(34-24(17)39)9-6-10-31-27(29)30/h3-5,7-8,12,15,17,19-21H,6,9-11,13-14H2,1-2H3,(H,32,40)(H,33,36)(H,34,39)(H,35,41)(H,37,38)(H4,29,30,31)/b18-12-/t17-,19-,20+,21?/m0/s1. The van der Waals surface area contributed by atoms with E-state index in [1.807, 2.05) is 44.2 Å². The van der Waals surface area contributed by atoms with Crippen LogP contribution in [0.25, 0.3) is 0 Å². The number of hydrogen-bond acceptors (Lipinski definition) is 6. The van der Waals surface area contributed by atoms with Crippen molar-refractivity contribution in [3.63, 3.8) is 0 Å². The minimum absolute atomic E-state index is 0.110. The molecule has 0 aliphatic carbocycles. The third-order valence-electron chi connectivity index (χ3n) is 6.32. The first-order valence-corrected chi connectivity index (χ1v) is 13.6. The Hall–Kier alpha value is -4.13. The Labute approximate surface area is 243 Å². The predicted molar refractivity (Wildman–Crippen MR) is 153 cm³/mol. The Kier molecular flexibility index (Phi) is 13.1. The van der Waals surface area contributed by atoms with Gasteiger partial charge in [0.15, 0.2) is 5.96 Å². The molecule has 4 atom stereocenters. The first-order valence-electron chi connectivity index (χ1n) is 13.2. The maximum absolute atomic E-state index is 13.4. The third kappa shape index (κ3) is 11.5. The summed E-state index contributed by atoms with van der Waals surface area (Å²) in [7, 11) is 0. The number of aliphatic carboxylic acids is 1. The molecule has 1 heterocycles. The number of nitrogens with one attached hydrogen (secondary N) is 4. The molecule has 13 nitrogen and oxygen atoms in total. The van der Waals surface area contributed by atoms with Gasteiger partial charge in [0.1, 0.15) is 12.1 Å². The van der Waals surface area contributed by atoms with Crippen molar-refractivity contribution < 1.29 is 29.1 Å². The largest absolute Gasteiger partial charge is 0.481 e. The van der Waals surface area contributed by atoms with Crippen molar-refractivity contribution in [1.82, 2.24) is 21.3 Å². The summed E-state index contributed by atoms with van der Waals surface area (Å²) in [6.07, 6.45) is 1.57. The fraction of sp³-hybridized carbons (Fsp3) is 0.481. The van der Waals surface area contributed by atoms with Crippen LogP contribution in [0.2, 0.25) is 0 Å². The van der Waals surface area contributed by atoms with E-state index < -0.39 is 66.6 Å². The average Bonchev–Trinajstić information content (AvgIpc) is 2.90. The molecule has 4 amide bonds. The van der Waals surface area contributed by atoms with E-state index in [4.69, 9.17) is 23.1 Å². The van der Waals surface area contributed by atoms with Crippen molar-refractivity contribution in [2.45, 2.75) is 57.7 Å². The normalized spacial score (nSPS) is 24.0. The monoisotopic (exact) mass is 591 g/mol. The van der Waals surface area contributed by atoms with Gasteiger partial charge in [0, 0.05) is 11.6 Å². The van der Waals surface area contributed by atoms with Crippen molar-refractivity contribution >= 4 is 47.2 Å². The molecule has 0 spiro atoms. The highest BCUT2D eigenvalue weighted by atomic mass is 35.5. The van der Waals surface area contributed by atoms with E-state index in [1.54, 1.807) is 0 Å². The number of carbonyl (C=O) groups excluding carboxylic acids is 4. The zero-order valence-corrected chi connectivity index (χ0v) is 23.8. The van der Waals surface area contributed by atoms with E-state index in [1.165, 1.54) is 6.08 Å². The maximum Gasteiger partial charge on any atom is 0.305 e. The Morgan fingerprint density at radius 1 is 1.00 bits per heavy atom. The topological polar surface area (TPSA) is 218 Å². The van der Waals surface area contributed by atoms with Gasteiger partial charge in [-0.25, -0.2) is 0 Å². The summed E-state index contributed by atoms with van der Waals surface area (Å²) in [5.74, 6) is -5.16. The van der Waals surface area contributed by atoms with E-state index >= 15 is 0 Å². The van der Waals surface area contributed by atoms with Crippen molar-refractivity contribution in [2.75, 3.05) is 13.1 Å². The molecule has 9 N–H and O–H groups in total. The molecule has 224 valence electrons. The molecule has 0 saturated heterocycles. The highest BCUT2D eigenvalue weighted by molar-refractivity contribution is 6.30. The van der Waals surface area contributed by atoms with E-state index in [-0.39, 0.29) is 36.3 Å². The fourth-order valence-electron chi connectivity index (χ4n) is 4.16. The van der Waals surface area contributed by atoms with Crippen LogP contribution in [0.1, 0.15) is 38.7 Å². The number of nitrogens with two attached hydrogens (primary N) is 2. The van der Waals surface area contributed by atoms with E-state index in [2.05, 4.69) is 26.3 Å². The number of aliphatic imine (C=N–C) groups is 1. The second kappa shape index (κ2) is 16.2. The minimum atomic E-state index is -1.44. The summed E-state index contributed by atoms with van der Waals surface area (Å²) >= 11 is 6.73. The molecule has 1 unspecified atom stereocenters. The van der Waals surface area contributed by atoms with Crippen LogP contribution in [0.4, 0.5) is 0 Å². The minimum Gasteiger partial charge on any atom is -0.481 e. The molecule has 1 aromatic rings. The van der Waals surface area contributed by atoms with Crippen LogP contribution < -0.4 is 32.7 Å². The first-order chi connectivity index (χ1) is 19.4. The SMILES string of the molecule is CC(C)[C@@H]1/C=C(\Cl)[C@@H](Cc2ccccc2)NC(=O)C(CC(=O)O)NC(=O)CNC(=O)[C@H](CCCN=C(N)N)NC1=O. The van der Waals surface area contributed by atoms with Crippen molar-refractivity contribution in [2.24, 2.45) is 28.3 Å². The summed E-state index contributed by atoms with van der Waals surface area (Å²) in [5.41, 5.74) is 11.5. The number of carboxylic acid groups (broad SMARTS) is 1. The number of benzene rings is 1. The zero-order chi connectivity index (χ0) is 30.5. The molecule has 1 aromatic carbocycles. The van der Waals surface area contributed by atoms with Crippen LogP contribution in [0.5, 0.6) is 0 Å². The van der Waals surface area contributed by atoms with Crippen LogP contribution in [-0.2, 0) is 30.4 Å². The average molecular weight is 592 g/mol. The molecule has 1 aliphatic heterocycles. The Morgan fingerprint density at radius 3 is 2.27 bits per heavy atom. The molecule has 0 saturated carbocycles. The molecule has 41 heavy (non-hydrogen) atoms. The molecule has 2 rings (SSSR count). The quantitative estimate of drug-likeness (QED) is 0.115. The molecule has 14 heteroatoms. The van der Waals surface area contributed by atoms with Crippen LogP contribution in [0, 0.1) is 11.8 Å². The van der Waals surface area contributed by atoms with E-state index in [0.29, 0.717) is 6.42 Å². The smallest absolute Gasteiger partial charge is 0.305 e. The highest BCUT2D eigenvalue weighted by Gasteiger charge is 2.31. The second-order valence-corrected chi connectivity index (χ2v) is 10.5. The number of carboxylic acids is 1. The summed E-state index contributed by atoms with van der Waals surface area (Å²) in [6, 6.07) is 5.81. The van der Waals surface area contributed by atoms with E-state index in [9.17, 15) is 29.1 Å². The third-order valence-corrected chi connectivity index (χ3v) is 6.71. The van der Waals surface area contributed by atoms with Crippen molar-refractivity contribution in [3.05, 3.63) is 47.0 Å². The molecule has 0 radical (unpaired) electrons. The lowest BCUT2D eigenvalue weighted by Gasteiger charge is -2.25. The summed E-state index contributed by atoms with van der Waals surface area (Å²) in [6.45, 7) is 3.28. The number of guanidine groups is 1. The molecular weight excluding hydrogens is 554 g/mol. The Balaban J connectivity index is 2.49. The lowest BCUT2D eigenvalue weighted by atomic mass is 9.92. The van der Waals surface area contributed by atoms with Crippen LogP contribution in [-0.4, -0.2) is 71.9 Å². The first kappa shape index (κ1) is 33.1. The summed E-state index contributed by atoms with van der Waals surface area (Å²) in [5, 5.41) is 19.8. The number of amides is 4. The molecule has 0 bridgehead atoms. The van der Waals surface area contributed by atoms with E-state index in [0.717, 1.165) is 5.56 Å².